The van der Waals surface area contributed by atoms with Gasteiger partial charge in [-0.25, -0.2) is 4.98 Å². The average Bonchev–Trinajstić information content (AvgIpc) is 2.13. The van der Waals surface area contributed by atoms with Gasteiger partial charge in [0, 0.05) is 6.61 Å². The predicted octanol–water partition coefficient (Wildman–Crippen LogP) is 1.94. The summed E-state index contributed by atoms with van der Waals surface area (Å²) in [5.74, 6) is 0.567. The Morgan fingerprint density at radius 2 is 2.29 bits per heavy atom. The molecule has 1 rings (SSSR count). The standard InChI is InChI=1S/C9H13BrN2O2/c1-4-14-6(3)8-11-5(2)7(10)9(13)12-8/h6H,4H2,1-3H3,(H,11,12,13). The van der Waals surface area contributed by atoms with Crippen molar-refractivity contribution >= 4 is 15.9 Å². The number of aromatic nitrogens is 2. The van der Waals surface area contributed by atoms with E-state index < -0.39 is 0 Å². The van der Waals surface area contributed by atoms with Gasteiger partial charge >= 0.3 is 0 Å². The van der Waals surface area contributed by atoms with E-state index in [1.807, 2.05) is 13.8 Å². The maximum atomic E-state index is 11.4. The summed E-state index contributed by atoms with van der Waals surface area (Å²) in [6.45, 7) is 6.14. The minimum atomic E-state index is -0.181. The molecule has 0 radical (unpaired) electrons. The monoisotopic (exact) mass is 260 g/mol. The summed E-state index contributed by atoms with van der Waals surface area (Å²) < 4.78 is 5.81. The second-order valence-electron chi connectivity index (χ2n) is 2.95. The quantitative estimate of drug-likeness (QED) is 0.904. The molecule has 0 saturated heterocycles. The van der Waals surface area contributed by atoms with Crippen molar-refractivity contribution in [3.05, 3.63) is 26.3 Å². The summed E-state index contributed by atoms with van der Waals surface area (Å²) in [6, 6.07) is 0. The molecule has 0 amide bonds. The lowest BCUT2D eigenvalue weighted by molar-refractivity contribution is 0.0697. The van der Waals surface area contributed by atoms with Gasteiger partial charge in [0.05, 0.1) is 5.69 Å². The molecule has 0 aliphatic rings. The third-order valence-corrected chi connectivity index (χ3v) is 2.78. The summed E-state index contributed by atoms with van der Waals surface area (Å²) in [5, 5.41) is 0. The molecule has 1 aromatic rings. The molecule has 0 aliphatic heterocycles. The van der Waals surface area contributed by atoms with E-state index in [4.69, 9.17) is 4.74 Å². The summed E-state index contributed by atoms with van der Waals surface area (Å²) in [4.78, 5) is 18.3. The third kappa shape index (κ3) is 2.42. The largest absolute Gasteiger partial charge is 0.371 e. The Balaban J connectivity index is 3.06. The van der Waals surface area contributed by atoms with Gasteiger partial charge in [0.15, 0.2) is 0 Å². The maximum Gasteiger partial charge on any atom is 0.265 e. The number of hydrogen-bond acceptors (Lipinski definition) is 3. The Morgan fingerprint density at radius 1 is 1.64 bits per heavy atom. The Hall–Kier alpha value is -0.680. The Kier molecular flexibility index (Phi) is 3.83. The number of nitrogens with one attached hydrogen (secondary N) is 1. The van der Waals surface area contributed by atoms with E-state index in [1.54, 1.807) is 6.92 Å². The van der Waals surface area contributed by atoms with Crippen LogP contribution in [0.5, 0.6) is 0 Å². The average molecular weight is 261 g/mol. The minimum absolute atomic E-state index is 0.168. The van der Waals surface area contributed by atoms with E-state index in [0.29, 0.717) is 22.6 Å². The fraction of sp³-hybridized carbons (Fsp3) is 0.556. The number of halogens is 1. The molecular weight excluding hydrogens is 248 g/mol. The van der Waals surface area contributed by atoms with Crippen molar-refractivity contribution in [3.63, 3.8) is 0 Å². The molecule has 0 aromatic carbocycles. The van der Waals surface area contributed by atoms with Crippen molar-refractivity contribution in [3.8, 4) is 0 Å². The molecule has 1 heterocycles. The zero-order valence-electron chi connectivity index (χ0n) is 8.43. The first kappa shape index (κ1) is 11.4. The second kappa shape index (κ2) is 4.70. The molecule has 1 N–H and O–H groups in total. The fourth-order valence-electron chi connectivity index (χ4n) is 1.11. The van der Waals surface area contributed by atoms with Crippen molar-refractivity contribution in [1.29, 1.82) is 0 Å². The van der Waals surface area contributed by atoms with Crippen LogP contribution >= 0.6 is 15.9 Å². The number of rotatable bonds is 3. The Morgan fingerprint density at radius 3 is 2.79 bits per heavy atom. The maximum absolute atomic E-state index is 11.4. The lowest BCUT2D eigenvalue weighted by Crippen LogP contribution is -2.17. The SMILES string of the molecule is CCOC(C)c1nc(C)c(Br)c(=O)[nH]1. The predicted molar refractivity (Wildman–Crippen MR) is 57.3 cm³/mol. The molecule has 14 heavy (non-hydrogen) atoms. The number of nitrogens with zero attached hydrogens (tertiary/aromatic N) is 1. The zero-order valence-corrected chi connectivity index (χ0v) is 10.0. The van der Waals surface area contributed by atoms with E-state index in [2.05, 4.69) is 25.9 Å². The summed E-state index contributed by atoms with van der Waals surface area (Å²) in [6.07, 6.45) is -0.181. The molecule has 1 aromatic heterocycles. The highest BCUT2D eigenvalue weighted by molar-refractivity contribution is 9.10. The first-order valence-corrected chi connectivity index (χ1v) is 5.23. The van der Waals surface area contributed by atoms with Gasteiger partial charge in [-0.15, -0.1) is 0 Å². The fourth-order valence-corrected chi connectivity index (χ4v) is 1.30. The van der Waals surface area contributed by atoms with Crippen LogP contribution in [-0.4, -0.2) is 16.6 Å². The van der Waals surface area contributed by atoms with Crippen LogP contribution in [0.25, 0.3) is 0 Å². The normalized spacial score (nSPS) is 12.9. The van der Waals surface area contributed by atoms with E-state index in [0.717, 1.165) is 0 Å². The molecule has 78 valence electrons. The molecular formula is C9H13BrN2O2. The van der Waals surface area contributed by atoms with Gasteiger partial charge in [0.1, 0.15) is 16.4 Å². The van der Waals surface area contributed by atoms with Crippen molar-refractivity contribution in [1.82, 2.24) is 9.97 Å². The Labute approximate surface area is 90.8 Å². The molecule has 0 fully saturated rings. The van der Waals surface area contributed by atoms with Gasteiger partial charge in [0.25, 0.3) is 5.56 Å². The summed E-state index contributed by atoms with van der Waals surface area (Å²) >= 11 is 3.15. The van der Waals surface area contributed by atoms with Crippen LogP contribution in [0.1, 0.15) is 31.5 Å². The number of hydrogen-bond donors (Lipinski definition) is 1. The van der Waals surface area contributed by atoms with E-state index >= 15 is 0 Å². The third-order valence-electron chi connectivity index (χ3n) is 1.85. The molecule has 1 atom stereocenters. The molecule has 0 spiro atoms. The highest BCUT2D eigenvalue weighted by Gasteiger charge is 2.10. The second-order valence-corrected chi connectivity index (χ2v) is 3.74. The zero-order chi connectivity index (χ0) is 10.7. The van der Waals surface area contributed by atoms with Crippen molar-refractivity contribution in [2.75, 3.05) is 6.61 Å². The number of ether oxygens (including phenoxy) is 1. The van der Waals surface area contributed by atoms with E-state index in [9.17, 15) is 4.79 Å². The van der Waals surface area contributed by atoms with Crippen LogP contribution in [0.15, 0.2) is 9.27 Å². The number of aryl methyl sites for hydroxylation is 1. The summed E-state index contributed by atoms with van der Waals surface area (Å²) in [7, 11) is 0. The highest BCUT2D eigenvalue weighted by atomic mass is 79.9. The van der Waals surface area contributed by atoms with Crippen LogP contribution < -0.4 is 5.56 Å². The van der Waals surface area contributed by atoms with Crippen LogP contribution in [0.3, 0.4) is 0 Å². The lowest BCUT2D eigenvalue weighted by atomic mass is 10.3. The van der Waals surface area contributed by atoms with Gasteiger partial charge in [-0.1, -0.05) is 0 Å². The van der Waals surface area contributed by atoms with Crippen LogP contribution in [-0.2, 0) is 4.74 Å². The van der Waals surface area contributed by atoms with Crippen molar-refractivity contribution < 1.29 is 4.74 Å². The number of aromatic amines is 1. The number of H-pyrrole nitrogens is 1. The first-order valence-electron chi connectivity index (χ1n) is 4.44. The van der Waals surface area contributed by atoms with Crippen molar-refractivity contribution in [2.24, 2.45) is 0 Å². The highest BCUT2D eigenvalue weighted by Crippen LogP contribution is 2.13. The van der Waals surface area contributed by atoms with Gasteiger partial charge in [-0.05, 0) is 36.7 Å². The molecule has 0 aliphatic carbocycles. The first-order chi connectivity index (χ1) is 6.56. The van der Waals surface area contributed by atoms with E-state index in [1.165, 1.54) is 0 Å². The topological polar surface area (TPSA) is 55.0 Å². The molecule has 0 saturated carbocycles. The van der Waals surface area contributed by atoms with Crippen LogP contribution in [0.4, 0.5) is 0 Å². The van der Waals surface area contributed by atoms with Gasteiger partial charge in [-0.3, -0.25) is 4.79 Å². The van der Waals surface area contributed by atoms with Crippen LogP contribution in [0.2, 0.25) is 0 Å². The molecule has 0 bridgehead atoms. The smallest absolute Gasteiger partial charge is 0.265 e. The van der Waals surface area contributed by atoms with Crippen LogP contribution in [0, 0.1) is 6.92 Å². The van der Waals surface area contributed by atoms with Gasteiger partial charge in [0.2, 0.25) is 0 Å². The minimum Gasteiger partial charge on any atom is -0.371 e. The molecule has 5 heteroatoms. The summed E-state index contributed by atoms with van der Waals surface area (Å²) in [5.41, 5.74) is 0.509. The van der Waals surface area contributed by atoms with E-state index in [-0.39, 0.29) is 11.7 Å². The Bertz CT molecular complexity index is 376. The lowest BCUT2D eigenvalue weighted by Gasteiger charge is -2.11. The van der Waals surface area contributed by atoms with Crippen molar-refractivity contribution in [2.45, 2.75) is 26.9 Å². The molecule has 1 unspecified atom stereocenters. The molecule has 4 nitrogen and oxygen atoms in total. The van der Waals surface area contributed by atoms with Gasteiger partial charge in [-0.2, -0.15) is 0 Å². The van der Waals surface area contributed by atoms with Gasteiger partial charge < -0.3 is 9.72 Å².